The van der Waals surface area contributed by atoms with Crippen LogP contribution in [0.1, 0.15) is 17.2 Å². The molecule has 4 heteroatoms. The van der Waals surface area contributed by atoms with E-state index in [1.807, 2.05) is 41.1 Å². The van der Waals surface area contributed by atoms with Crippen LogP contribution in [0.25, 0.3) is 0 Å². The van der Waals surface area contributed by atoms with Crippen LogP contribution in [0.5, 0.6) is 5.75 Å². The summed E-state index contributed by atoms with van der Waals surface area (Å²) >= 11 is 1.52. The standard InChI is InChI=1S/C15H13NO2S/c16-9-15(14(17)12-5-6-19-8-12)7-11-3-1-2-4-13(11)18-10-15/h1-6,8,14,17H,7,10H2. The molecule has 2 aromatic rings. The fraction of sp³-hybridized carbons (Fsp3) is 0.267. The van der Waals surface area contributed by atoms with Gasteiger partial charge in [0.15, 0.2) is 0 Å². The zero-order valence-corrected chi connectivity index (χ0v) is 11.1. The molecule has 0 radical (unpaired) electrons. The number of rotatable bonds is 2. The minimum Gasteiger partial charge on any atom is -0.492 e. The number of ether oxygens (including phenoxy) is 1. The van der Waals surface area contributed by atoms with Gasteiger partial charge in [-0.3, -0.25) is 0 Å². The number of aliphatic hydroxyl groups excluding tert-OH is 1. The molecule has 0 amide bonds. The van der Waals surface area contributed by atoms with Crippen molar-refractivity contribution in [2.24, 2.45) is 5.41 Å². The van der Waals surface area contributed by atoms with E-state index in [0.29, 0.717) is 6.42 Å². The number of hydrogen-bond acceptors (Lipinski definition) is 4. The summed E-state index contributed by atoms with van der Waals surface area (Å²) in [6.07, 6.45) is -0.312. The normalized spacial score (nSPS) is 22.9. The van der Waals surface area contributed by atoms with Crippen molar-refractivity contribution in [3.8, 4) is 11.8 Å². The molecule has 0 fully saturated rings. The molecule has 2 heterocycles. The number of nitrogens with zero attached hydrogens (tertiary/aromatic N) is 1. The number of benzene rings is 1. The van der Waals surface area contributed by atoms with Gasteiger partial charge in [0.1, 0.15) is 23.9 Å². The molecular formula is C15H13NO2S. The highest BCUT2D eigenvalue weighted by Gasteiger charge is 2.43. The van der Waals surface area contributed by atoms with Crippen LogP contribution in [-0.4, -0.2) is 11.7 Å². The molecule has 0 saturated carbocycles. The summed E-state index contributed by atoms with van der Waals surface area (Å²) < 4.78 is 5.67. The summed E-state index contributed by atoms with van der Waals surface area (Å²) in [5, 5.41) is 23.8. The summed E-state index contributed by atoms with van der Waals surface area (Å²) in [7, 11) is 0. The Balaban J connectivity index is 1.97. The van der Waals surface area contributed by atoms with E-state index >= 15 is 0 Å². The Hall–Kier alpha value is -1.83. The molecule has 1 aliphatic heterocycles. The fourth-order valence-corrected chi connectivity index (χ4v) is 3.13. The van der Waals surface area contributed by atoms with Gasteiger partial charge in [0.2, 0.25) is 0 Å². The molecule has 2 unspecified atom stereocenters. The molecule has 1 N–H and O–H groups in total. The number of para-hydroxylation sites is 1. The van der Waals surface area contributed by atoms with Gasteiger partial charge < -0.3 is 9.84 Å². The molecule has 1 aromatic heterocycles. The quantitative estimate of drug-likeness (QED) is 0.913. The van der Waals surface area contributed by atoms with Crippen LogP contribution >= 0.6 is 11.3 Å². The van der Waals surface area contributed by atoms with Crippen LogP contribution in [0.3, 0.4) is 0 Å². The molecular weight excluding hydrogens is 258 g/mol. The van der Waals surface area contributed by atoms with Crippen molar-refractivity contribution in [3.05, 3.63) is 52.2 Å². The van der Waals surface area contributed by atoms with Crippen LogP contribution in [0.4, 0.5) is 0 Å². The topological polar surface area (TPSA) is 53.2 Å². The highest BCUT2D eigenvalue weighted by Crippen LogP contribution is 2.42. The van der Waals surface area contributed by atoms with Gasteiger partial charge in [-0.1, -0.05) is 18.2 Å². The highest BCUT2D eigenvalue weighted by atomic mass is 32.1. The van der Waals surface area contributed by atoms with Gasteiger partial charge in [0.25, 0.3) is 0 Å². The minimum absolute atomic E-state index is 0.220. The molecule has 3 rings (SSSR count). The summed E-state index contributed by atoms with van der Waals surface area (Å²) in [6.45, 7) is 0.220. The van der Waals surface area contributed by atoms with Crippen molar-refractivity contribution in [2.75, 3.05) is 6.61 Å². The average molecular weight is 271 g/mol. The first-order valence-corrected chi connectivity index (χ1v) is 7.01. The van der Waals surface area contributed by atoms with Gasteiger partial charge in [-0.15, -0.1) is 0 Å². The van der Waals surface area contributed by atoms with Gasteiger partial charge in [-0.25, -0.2) is 0 Å². The van der Waals surface area contributed by atoms with Gasteiger partial charge in [-0.2, -0.15) is 16.6 Å². The molecule has 1 aliphatic rings. The molecule has 0 bridgehead atoms. The largest absolute Gasteiger partial charge is 0.492 e. The maximum atomic E-state index is 10.5. The van der Waals surface area contributed by atoms with Crippen LogP contribution < -0.4 is 4.74 Å². The van der Waals surface area contributed by atoms with E-state index in [1.165, 1.54) is 11.3 Å². The second-order valence-electron chi connectivity index (χ2n) is 4.80. The summed E-state index contributed by atoms with van der Waals surface area (Å²) in [5.41, 5.74) is 0.856. The van der Waals surface area contributed by atoms with E-state index in [-0.39, 0.29) is 6.61 Å². The average Bonchev–Trinajstić information content (AvgIpc) is 3.00. The third kappa shape index (κ3) is 2.01. The van der Waals surface area contributed by atoms with Crippen molar-refractivity contribution in [2.45, 2.75) is 12.5 Å². The Labute approximate surface area is 115 Å². The number of hydrogen-bond donors (Lipinski definition) is 1. The first-order valence-electron chi connectivity index (χ1n) is 6.07. The van der Waals surface area contributed by atoms with Crippen molar-refractivity contribution < 1.29 is 9.84 Å². The van der Waals surface area contributed by atoms with Crippen LogP contribution in [0.15, 0.2) is 41.1 Å². The third-order valence-corrected chi connectivity index (χ3v) is 4.27. The predicted octanol–water partition coefficient (Wildman–Crippen LogP) is 2.93. The summed E-state index contributed by atoms with van der Waals surface area (Å²) in [6, 6.07) is 11.8. The molecule has 0 aliphatic carbocycles. The van der Waals surface area contributed by atoms with Gasteiger partial charge in [0.05, 0.1) is 6.07 Å². The molecule has 3 nitrogen and oxygen atoms in total. The highest BCUT2D eigenvalue weighted by molar-refractivity contribution is 7.07. The number of thiophene rings is 1. The van der Waals surface area contributed by atoms with Crippen molar-refractivity contribution in [3.63, 3.8) is 0 Å². The minimum atomic E-state index is -0.907. The number of fused-ring (bicyclic) bond motifs is 1. The maximum absolute atomic E-state index is 10.5. The zero-order chi connectivity index (χ0) is 13.3. The van der Waals surface area contributed by atoms with Crippen molar-refractivity contribution in [1.29, 1.82) is 5.26 Å². The summed E-state index contributed by atoms with van der Waals surface area (Å²) in [5.74, 6) is 0.811. The Morgan fingerprint density at radius 2 is 2.21 bits per heavy atom. The molecule has 96 valence electrons. The Kier molecular flexibility index (Phi) is 3.02. The van der Waals surface area contributed by atoms with E-state index in [2.05, 4.69) is 6.07 Å². The molecule has 0 saturated heterocycles. The molecule has 1 aromatic carbocycles. The second kappa shape index (κ2) is 4.69. The lowest BCUT2D eigenvalue weighted by Gasteiger charge is -2.35. The monoisotopic (exact) mass is 271 g/mol. The van der Waals surface area contributed by atoms with E-state index in [0.717, 1.165) is 16.9 Å². The van der Waals surface area contributed by atoms with E-state index in [4.69, 9.17) is 4.74 Å². The molecule has 19 heavy (non-hydrogen) atoms. The predicted molar refractivity (Wildman–Crippen MR) is 73.0 cm³/mol. The SMILES string of the molecule is N#CC1(C(O)c2ccsc2)COc2ccccc2C1. The van der Waals surface area contributed by atoms with Crippen molar-refractivity contribution >= 4 is 11.3 Å². The lowest BCUT2D eigenvalue weighted by Crippen LogP contribution is -2.39. The zero-order valence-electron chi connectivity index (χ0n) is 10.2. The van der Waals surface area contributed by atoms with Crippen molar-refractivity contribution in [1.82, 2.24) is 0 Å². The van der Waals surface area contributed by atoms with Crippen LogP contribution in [0, 0.1) is 16.7 Å². The van der Waals surface area contributed by atoms with Crippen LogP contribution in [-0.2, 0) is 6.42 Å². The lowest BCUT2D eigenvalue weighted by molar-refractivity contribution is 0.0174. The third-order valence-electron chi connectivity index (χ3n) is 3.57. The first-order chi connectivity index (χ1) is 9.25. The number of aliphatic hydroxyl groups is 1. The van der Waals surface area contributed by atoms with Gasteiger partial charge >= 0.3 is 0 Å². The van der Waals surface area contributed by atoms with E-state index < -0.39 is 11.5 Å². The number of nitriles is 1. The fourth-order valence-electron chi connectivity index (χ4n) is 2.45. The van der Waals surface area contributed by atoms with E-state index in [9.17, 15) is 10.4 Å². The van der Waals surface area contributed by atoms with Gasteiger partial charge in [-0.05, 0) is 34.0 Å². The van der Waals surface area contributed by atoms with E-state index in [1.54, 1.807) is 0 Å². The maximum Gasteiger partial charge on any atom is 0.125 e. The molecule has 2 atom stereocenters. The Morgan fingerprint density at radius 1 is 1.37 bits per heavy atom. The second-order valence-corrected chi connectivity index (χ2v) is 5.58. The lowest BCUT2D eigenvalue weighted by atomic mass is 9.75. The Morgan fingerprint density at radius 3 is 2.95 bits per heavy atom. The first kappa shape index (κ1) is 12.2. The van der Waals surface area contributed by atoms with Gasteiger partial charge in [0, 0.05) is 6.42 Å². The van der Waals surface area contributed by atoms with Crippen LogP contribution in [0.2, 0.25) is 0 Å². The Bertz CT molecular complexity index is 617. The molecule has 0 spiro atoms. The smallest absolute Gasteiger partial charge is 0.125 e. The summed E-state index contributed by atoms with van der Waals surface area (Å²) in [4.78, 5) is 0.